The summed E-state index contributed by atoms with van der Waals surface area (Å²) in [5.74, 6) is -0.524. The van der Waals surface area contributed by atoms with Crippen molar-refractivity contribution in [2.24, 2.45) is 0 Å². The summed E-state index contributed by atoms with van der Waals surface area (Å²) >= 11 is 1.57. The number of carboxylic acids is 1. The van der Waals surface area contributed by atoms with Gasteiger partial charge in [0, 0.05) is 12.0 Å². The molecular formula is C11H15NO2S. The highest BCUT2D eigenvalue weighted by Gasteiger charge is 2.10. The molecule has 0 unspecified atom stereocenters. The van der Waals surface area contributed by atoms with Crippen molar-refractivity contribution in [1.29, 1.82) is 0 Å². The second kappa shape index (κ2) is 5.07. The number of hydrogen-bond donors (Lipinski definition) is 1. The normalized spacial score (nSPS) is 11.5. The van der Waals surface area contributed by atoms with Crippen molar-refractivity contribution >= 4 is 23.4 Å². The van der Waals surface area contributed by atoms with Crippen molar-refractivity contribution < 1.29 is 9.90 Å². The standard InChI is InChI=1S/C11H15NO2S/c1-4-8-9(5-6-10(13)14)15-11(12-8)7(2)3/h5-7H,4H2,1-3H3,(H,13,14)/b6-5+. The van der Waals surface area contributed by atoms with Crippen molar-refractivity contribution in [2.75, 3.05) is 0 Å². The maximum atomic E-state index is 10.4. The van der Waals surface area contributed by atoms with Gasteiger partial charge in [-0.1, -0.05) is 20.8 Å². The summed E-state index contributed by atoms with van der Waals surface area (Å²) in [5, 5.41) is 9.62. The minimum atomic E-state index is -0.920. The van der Waals surface area contributed by atoms with Crippen molar-refractivity contribution in [3.63, 3.8) is 0 Å². The maximum Gasteiger partial charge on any atom is 0.328 e. The number of aliphatic carboxylic acids is 1. The van der Waals surface area contributed by atoms with Crippen LogP contribution in [-0.4, -0.2) is 16.1 Å². The number of rotatable bonds is 4. The smallest absolute Gasteiger partial charge is 0.328 e. The second-order valence-corrected chi connectivity index (χ2v) is 4.61. The van der Waals surface area contributed by atoms with E-state index in [1.807, 2.05) is 6.92 Å². The molecule has 4 heteroatoms. The van der Waals surface area contributed by atoms with E-state index in [1.165, 1.54) is 0 Å². The number of aromatic nitrogens is 1. The van der Waals surface area contributed by atoms with Gasteiger partial charge in [-0.2, -0.15) is 0 Å². The summed E-state index contributed by atoms with van der Waals surface area (Å²) < 4.78 is 0. The molecule has 0 fully saturated rings. The minimum absolute atomic E-state index is 0.396. The predicted octanol–water partition coefficient (Wildman–Crippen LogP) is 2.93. The van der Waals surface area contributed by atoms with Crippen molar-refractivity contribution in [3.8, 4) is 0 Å². The van der Waals surface area contributed by atoms with Gasteiger partial charge in [0.1, 0.15) is 0 Å². The lowest BCUT2D eigenvalue weighted by molar-refractivity contribution is -0.131. The van der Waals surface area contributed by atoms with E-state index >= 15 is 0 Å². The van der Waals surface area contributed by atoms with Gasteiger partial charge in [-0.05, 0) is 12.5 Å². The fraction of sp³-hybridized carbons (Fsp3) is 0.455. The lowest BCUT2D eigenvalue weighted by Crippen LogP contribution is -1.88. The van der Waals surface area contributed by atoms with E-state index in [0.29, 0.717) is 5.92 Å². The third-order valence-electron chi connectivity index (χ3n) is 1.95. The van der Waals surface area contributed by atoms with E-state index in [4.69, 9.17) is 5.11 Å². The Morgan fingerprint density at radius 1 is 1.60 bits per heavy atom. The van der Waals surface area contributed by atoms with Crippen LogP contribution in [0.1, 0.15) is 42.3 Å². The Labute approximate surface area is 93.5 Å². The zero-order valence-corrected chi connectivity index (χ0v) is 9.97. The third kappa shape index (κ3) is 3.16. The highest BCUT2D eigenvalue weighted by atomic mass is 32.1. The van der Waals surface area contributed by atoms with Crippen molar-refractivity contribution in [2.45, 2.75) is 33.1 Å². The van der Waals surface area contributed by atoms with Gasteiger partial charge < -0.3 is 5.11 Å². The van der Waals surface area contributed by atoms with Gasteiger partial charge in [0.05, 0.1) is 15.6 Å². The van der Waals surface area contributed by atoms with Gasteiger partial charge in [-0.15, -0.1) is 11.3 Å². The predicted molar refractivity (Wildman–Crippen MR) is 62.3 cm³/mol. The highest BCUT2D eigenvalue weighted by molar-refractivity contribution is 7.12. The Bertz CT molecular complexity index is 380. The first-order valence-corrected chi connectivity index (χ1v) is 5.76. The fourth-order valence-corrected chi connectivity index (χ4v) is 2.22. The molecular weight excluding hydrogens is 210 g/mol. The molecule has 0 aliphatic heterocycles. The van der Waals surface area contributed by atoms with Crippen molar-refractivity contribution in [1.82, 2.24) is 4.98 Å². The van der Waals surface area contributed by atoms with Gasteiger partial charge in [0.15, 0.2) is 0 Å². The zero-order chi connectivity index (χ0) is 11.4. The first kappa shape index (κ1) is 11.9. The summed E-state index contributed by atoms with van der Waals surface area (Å²) in [5.41, 5.74) is 0.987. The van der Waals surface area contributed by atoms with E-state index in [1.54, 1.807) is 17.4 Å². The molecule has 0 saturated carbocycles. The van der Waals surface area contributed by atoms with Crippen LogP contribution in [0.25, 0.3) is 6.08 Å². The Balaban J connectivity index is 3.00. The highest BCUT2D eigenvalue weighted by Crippen LogP contribution is 2.26. The van der Waals surface area contributed by atoms with Gasteiger partial charge in [-0.25, -0.2) is 9.78 Å². The Morgan fingerprint density at radius 3 is 2.73 bits per heavy atom. The van der Waals surface area contributed by atoms with Gasteiger partial charge in [-0.3, -0.25) is 0 Å². The fourth-order valence-electron chi connectivity index (χ4n) is 1.16. The van der Waals surface area contributed by atoms with Crippen molar-refractivity contribution in [3.05, 3.63) is 21.7 Å². The molecule has 1 aromatic rings. The molecule has 1 aromatic heterocycles. The number of hydrogen-bond acceptors (Lipinski definition) is 3. The largest absolute Gasteiger partial charge is 0.478 e. The molecule has 1 heterocycles. The lowest BCUT2D eigenvalue weighted by Gasteiger charge is -1.95. The molecule has 0 bridgehead atoms. The molecule has 1 rings (SSSR count). The molecule has 15 heavy (non-hydrogen) atoms. The maximum absolute atomic E-state index is 10.4. The average molecular weight is 225 g/mol. The third-order valence-corrected chi connectivity index (χ3v) is 3.31. The summed E-state index contributed by atoms with van der Waals surface area (Å²) in [6, 6.07) is 0. The molecule has 0 aliphatic rings. The molecule has 1 N–H and O–H groups in total. The average Bonchev–Trinajstić information content (AvgIpc) is 2.57. The Morgan fingerprint density at radius 2 is 2.27 bits per heavy atom. The SMILES string of the molecule is CCc1nc(C(C)C)sc1/C=C/C(=O)O. The molecule has 0 aromatic carbocycles. The van der Waals surface area contributed by atoms with E-state index in [0.717, 1.165) is 28.1 Å². The zero-order valence-electron chi connectivity index (χ0n) is 9.15. The first-order valence-electron chi connectivity index (χ1n) is 4.95. The number of carbonyl (C=O) groups is 1. The monoisotopic (exact) mass is 225 g/mol. The van der Waals surface area contributed by atoms with Crippen LogP contribution in [0.4, 0.5) is 0 Å². The number of carboxylic acid groups (broad SMARTS) is 1. The van der Waals surface area contributed by atoms with E-state index < -0.39 is 5.97 Å². The van der Waals surface area contributed by atoms with Crippen LogP contribution < -0.4 is 0 Å². The molecule has 3 nitrogen and oxygen atoms in total. The summed E-state index contributed by atoms with van der Waals surface area (Å²) in [7, 11) is 0. The summed E-state index contributed by atoms with van der Waals surface area (Å²) in [6.07, 6.45) is 3.63. The molecule has 0 amide bonds. The molecule has 0 aliphatic carbocycles. The van der Waals surface area contributed by atoms with Crippen LogP contribution in [-0.2, 0) is 11.2 Å². The van der Waals surface area contributed by atoms with Gasteiger partial charge >= 0.3 is 5.97 Å². The molecule has 0 spiro atoms. The van der Waals surface area contributed by atoms with E-state index in [9.17, 15) is 4.79 Å². The first-order chi connectivity index (χ1) is 7.04. The van der Waals surface area contributed by atoms with Crippen LogP contribution in [0.3, 0.4) is 0 Å². The Hall–Kier alpha value is -1.16. The van der Waals surface area contributed by atoms with Crippen LogP contribution in [0.2, 0.25) is 0 Å². The van der Waals surface area contributed by atoms with Crippen LogP contribution >= 0.6 is 11.3 Å². The molecule has 0 atom stereocenters. The second-order valence-electron chi connectivity index (χ2n) is 3.54. The van der Waals surface area contributed by atoms with E-state index in [2.05, 4.69) is 18.8 Å². The van der Waals surface area contributed by atoms with Gasteiger partial charge in [0.2, 0.25) is 0 Å². The molecule has 0 saturated heterocycles. The lowest BCUT2D eigenvalue weighted by atomic mass is 10.2. The molecule has 82 valence electrons. The number of thiazole rings is 1. The Kier molecular flexibility index (Phi) is 4.03. The minimum Gasteiger partial charge on any atom is -0.478 e. The van der Waals surface area contributed by atoms with Crippen LogP contribution in [0, 0.1) is 0 Å². The van der Waals surface area contributed by atoms with E-state index in [-0.39, 0.29) is 0 Å². The summed E-state index contributed by atoms with van der Waals surface area (Å²) in [4.78, 5) is 15.9. The molecule has 0 radical (unpaired) electrons. The van der Waals surface area contributed by atoms with Crippen LogP contribution in [0.5, 0.6) is 0 Å². The topological polar surface area (TPSA) is 50.2 Å². The van der Waals surface area contributed by atoms with Crippen LogP contribution in [0.15, 0.2) is 6.08 Å². The number of aryl methyl sites for hydroxylation is 1. The van der Waals surface area contributed by atoms with Gasteiger partial charge in [0.25, 0.3) is 0 Å². The number of nitrogens with zero attached hydrogens (tertiary/aromatic N) is 1. The summed E-state index contributed by atoms with van der Waals surface area (Å²) in [6.45, 7) is 6.20. The quantitative estimate of drug-likeness (QED) is 0.801.